The van der Waals surface area contributed by atoms with Crippen LogP contribution in [0.15, 0.2) is 53.0 Å². The average molecular weight is 324 g/mol. The first-order chi connectivity index (χ1) is 7.61. The third kappa shape index (κ3) is 6.46. The van der Waals surface area contributed by atoms with Crippen molar-refractivity contribution in [2.24, 2.45) is 0 Å². The molecule has 0 amide bonds. The summed E-state index contributed by atoms with van der Waals surface area (Å²) in [5.41, 5.74) is 2.30. The molecule has 0 nitrogen and oxygen atoms in total. The van der Waals surface area contributed by atoms with Crippen LogP contribution in [0, 0.1) is 13.8 Å². The Morgan fingerprint density at radius 2 is 1.35 bits per heavy atom. The van der Waals surface area contributed by atoms with E-state index in [1.165, 1.54) is 0 Å². The van der Waals surface area contributed by atoms with E-state index in [1.807, 2.05) is 62.4 Å². The first kappa shape index (κ1) is 17.0. The van der Waals surface area contributed by atoms with Gasteiger partial charge in [-0.25, -0.2) is 0 Å². The molecule has 2 rings (SSSR count). The Bertz CT molecular complexity index is 432. The summed E-state index contributed by atoms with van der Waals surface area (Å²) in [7, 11) is 0. The van der Waals surface area contributed by atoms with Crippen LogP contribution >= 0.6 is 27.5 Å². The van der Waals surface area contributed by atoms with Gasteiger partial charge in [0, 0.05) is 9.50 Å². The molecule has 0 heterocycles. The number of benzene rings is 2. The maximum atomic E-state index is 5.88. The Balaban J connectivity index is -0.000000237. The predicted octanol–water partition coefficient (Wildman–Crippen LogP) is 5.25. The number of hydrogen-bond donors (Lipinski definition) is 0. The third-order valence-electron chi connectivity index (χ3n) is 2.12. The minimum atomic E-state index is 0. The van der Waals surface area contributed by atoms with Gasteiger partial charge in [-0.2, -0.15) is 0 Å². The fourth-order valence-electron chi connectivity index (χ4n) is 1.21. The standard InChI is InChI=1S/C8H9Cl.C6H5Br.Mg.2H/c1-6-4-3-5-7(2)8(6)9;7-6-4-2-1-3-5-6;;;/h3-5H,1-2H3;1-5H;;;/q;;+2;2*-1. The van der Waals surface area contributed by atoms with Gasteiger partial charge in [0.25, 0.3) is 0 Å². The van der Waals surface area contributed by atoms with Crippen LogP contribution in [-0.4, -0.2) is 23.1 Å². The molecule has 0 radical (unpaired) electrons. The van der Waals surface area contributed by atoms with Gasteiger partial charge in [-0.3, -0.25) is 0 Å². The summed E-state index contributed by atoms with van der Waals surface area (Å²) in [5.74, 6) is 0. The van der Waals surface area contributed by atoms with E-state index in [0.29, 0.717) is 0 Å². The second-order valence-corrected chi connectivity index (χ2v) is 4.79. The van der Waals surface area contributed by atoms with E-state index >= 15 is 0 Å². The van der Waals surface area contributed by atoms with E-state index in [2.05, 4.69) is 15.9 Å². The summed E-state index contributed by atoms with van der Waals surface area (Å²) in [6, 6.07) is 16.0. The second-order valence-electron chi connectivity index (χ2n) is 3.50. The second kappa shape index (κ2) is 8.98. The van der Waals surface area contributed by atoms with Gasteiger partial charge in [0.2, 0.25) is 0 Å². The molecule has 0 aromatic heterocycles. The molecular weight excluding hydrogens is 308 g/mol. The molecule has 0 atom stereocenters. The van der Waals surface area contributed by atoms with Crippen LogP contribution in [0.25, 0.3) is 0 Å². The molecule has 0 spiro atoms. The summed E-state index contributed by atoms with van der Waals surface area (Å²) in [6.45, 7) is 4.02. The van der Waals surface area contributed by atoms with Crippen molar-refractivity contribution in [3.05, 3.63) is 69.2 Å². The molecule has 0 N–H and O–H groups in total. The number of halogens is 2. The summed E-state index contributed by atoms with van der Waals surface area (Å²) in [5, 5.41) is 0.887. The SMILES string of the molecule is Brc1ccccc1.Cc1cccc(C)c1Cl.[H-].[H-].[Mg+2]. The molecule has 0 saturated heterocycles. The fourth-order valence-corrected chi connectivity index (χ4v) is 1.64. The maximum absolute atomic E-state index is 5.88. The molecule has 2 aromatic rings. The van der Waals surface area contributed by atoms with Gasteiger partial charge in [-0.05, 0) is 37.1 Å². The molecule has 17 heavy (non-hydrogen) atoms. The zero-order valence-corrected chi connectivity index (χ0v) is 13.8. The van der Waals surface area contributed by atoms with Crippen LogP contribution in [0.4, 0.5) is 0 Å². The quantitative estimate of drug-likeness (QED) is 0.581. The summed E-state index contributed by atoms with van der Waals surface area (Å²) in [4.78, 5) is 0. The first-order valence-corrected chi connectivity index (χ1v) is 6.20. The van der Waals surface area contributed by atoms with Gasteiger partial charge in [0.05, 0.1) is 0 Å². The summed E-state index contributed by atoms with van der Waals surface area (Å²) < 4.78 is 1.13. The minimum absolute atomic E-state index is 0. The van der Waals surface area contributed by atoms with Crippen LogP contribution in [0.1, 0.15) is 14.0 Å². The van der Waals surface area contributed by atoms with Crippen molar-refractivity contribution < 1.29 is 2.85 Å². The monoisotopic (exact) mass is 322 g/mol. The van der Waals surface area contributed by atoms with E-state index in [0.717, 1.165) is 20.6 Å². The van der Waals surface area contributed by atoms with Gasteiger partial charge in [-0.1, -0.05) is 63.9 Å². The van der Waals surface area contributed by atoms with Gasteiger partial charge in [-0.15, -0.1) is 0 Å². The Hall–Kier alpha value is -0.0238. The van der Waals surface area contributed by atoms with Gasteiger partial charge < -0.3 is 2.85 Å². The molecule has 0 unspecified atom stereocenters. The molecule has 3 heteroatoms. The van der Waals surface area contributed by atoms with Crippen LogP contribution in [-0.2, 0) is 0 Å². The number of rotatable bonds is 0. The largest absolute Gasteiger partial charge is 2.00 e. The first-order valence-electron chi connectivity index (χ1n) is 5.03. The Morgan fingerprint density at radius 1 is 0.882 bits per heavy atom. The van der Waals surface area contributed by atoms with Crippen LogP contribution in [0.2, 0.25) is 5.02 Å². The summed E-state index contributed by atoms with van der Waals surface area (Å²) >= 11 is 9.19. The Kier molecular flexibility index (Phi) is 8.97. The van der Waals surface area contributed by atoms with Crippen molar-refractivity contribution in [3.63, 3.8) is 0 Å². The molecule has 0 saturated carbocycles. The van der Waals surface area contributed by atoms with Crippen molar-refractivity contribution in [2.75, 3.05) is 0 Å². The average Bonchev–Trinajstić information content (AvgIpc) is 2.28. The fraction of sp³-hybridized carbons (Fsp3) is 0.143. The number of hydrogen-bond acceptors (Lipinski definition) is 0. The van der Waals surface area contributed by atoms with Crippen molar-refractivity contribution in [1.82, 2.24) is 0 Å². The molecule has 2 aromatic carbocycles. The molecule has 0 aliphatic heterocycles. The Morgan fingerprint density at radius 3 is 1.65 bits per heavy atom. The van der Waals surface area contributed by atoms with Crippen LogP contribution < -0.4 is 0 Å². The van der Waals surface area contributed by atoms with E-state index in [1.54, 1.807) is 0 Å². The van der Waals surface area contributed by atoms with Crippen molar-refractivity contribution >= 4 is 50.6 Å². The maximum Gasteiger partial charge on any atom is 2.00 e. The van der Waals surface area contributed by atoms with Crippen LogP contribution in [0.3, 0.4) is 0 Å². The molecule has 0 fully saturated rings. The zero-order valence-electron chi connectivity index (χ0n) is 12.1. The predicted molar refractivity (Wildman–Crippen MR) is 83.0 cm³/mol. The molecule has 88 valence electrons. The summed E-state index contributed by atoms with van der Waals surface area (Å²) in [6.07, 6.45) is 0. The van der Waals surface area contributed by atoms with E-state index < -0.39 is 0 Å². The van der Waals surface area contributed by atoms with Gasteiger partial charge in [0.1, 0.15) is 0 Å². The minimum Gasteiger partial charge on any atom is -1.00 e. The smallest absolute Gasteiger partial charge is 1.00 e. The van der Waals surface area contributed by atoms with Gasteiger partial charge in [0.15, 0.2) is 0 Å². The van der Waals surface area contributed by atoms with Crippen molar-refractivity contribution in [3.8, 4) is 0 Å². The van der Waals surface area contributed by atoms with Crippen molar-refractivity contribution in [1.29, 1.82) is 0 Å². The molecule has 0 aliphatic carbocycles. The van der Waals surface area contributed by atoms with Crippen molar-refractivity contribution in [2.45, 2.75) is 13.8 Å². The normalized spacial score (nSPS) is 8.71. The van der Waals surface area contributed by atoms with E-state index in [9.17, 15) is 0 Å². The van der Waals surface area contributed by atoms with E-state index in [-0.39, 0.29) is 25.9 Å². The number of aryl methyl sites for hydroxylation is 2. The Labute approximate surface area is 136 Å². The molecule has 0 bridgehead atoms. The molecule has 0 aliphatic rings. The van der Waals surface area contributed by atoms with Gasteiger partial charge >= 0.3 is 23.1 Å². The topological polar surface area (TPSA) is 0 Å². The van der Waals surface area contributed by atoms with E-state index in [4.69, 9.17) is 11.6 Å². The zero-order chi connectivity index (χ0) is 12.0. The van der Waals surface area contributed by atoms with Crippen LogP contribution in [0.5, 0.6) is 0 Å². The molecular formula is C14H16BrClMg. The third-order valence-corrected chi connectivity index (χ3v) is 3.24.